The Hall–Kier alpha value is -4.94. The van der Waals surface area contributed by atoms with Crippen molar-refractivity contribution < 1.29 is 26.8 Å². The Kier molecular flexibility index (Phi) is 7.85. The van der Waals surface area contributed by atoms with Crippen LogP contribution in [0.15, 0.2) is 89.8 Å². The standard InChI is InChI=1S/C35H28F2N4O4S2/c1-21-7-4-10-25(36)31(21)39-34(42)29-19-22-15-16-41(28-13-3-2-9-24(28)32(22)46-29)35(43)27-12-6-14-30(38-27)40-17-18-47(44,45)33-23(20-40)8-5-11-26(33)37/h2-14,19H,15-18,20H2,1H3,(H,39,42). The van der Waals surface area contributed by atoms with Gasteiger partial charge in [-0.3, -0.25) is 9.59 Å². The van der Waals surface area contributed by atoms with E-state index in [9.17, 15) is 26.8 Å². The smallest absolute Gasteiger partial charge is 0.276 e. The first-order valence-corrected chi connectivity index (χ1v) is 17.4. The predicted molar refractivity (Wildman–Crippen MR) is 178 cm³/mol. The number of fused-ring (bicyclic) bond motifs is 4. The average molecular weight is 671 g/mol. The minimum atomic E-state index is -3.84. The van der Waals surface area contributed by atoms with Crippen molar-refractivity contribution in [1.82, 2.24) is 4.98 Å². The second kappa shape index (κ2) is 12.0. The number of hydrogen-bond acceptors (Lipinski definition) is 7. The highest BCUT2D eigenvalue weighted by Crippen LogP contribution is 2.42. The third kappa shape index (κ3) is 5.68. The Balaban J connectivity index is 1.17. The van der Waals surface area contributed by atoms with Crippen molar-refractivity contribution in [1.29, 1.82) is 0 Å². The molecule has 0 fully saturated rings. The summed E-state index contributed by atoms with van der Waals surface area (Å²) in [5.74, 6) is -1.91. The van der Waals surface area contributed by atoms with Crippen LogP contribution in [0.5, 0.6) is 0 Å². The lowest BCUT2D eigenvalue weighted by atomic mass is 10.1. The van der Waals surface area contributed by atoms with Crippen LogP contribution in [0.1, 0.15) is 36.9 Å². The van der Waals surface area contributed by atoms with Gasteiger partial charge < -0.3 is 15.1 Å². The molecule has 8 nitrogen and oxygen atoms in total. The molecule has 5 aromatic rings. The fourth-order valence-electron chi connectivity index (χ4n) is 6.08. The van der Waals surface area contributed by atoms with Crippen molar-refractivity contribution >= 4 is 50.2 Å². The van der Waals surface area contributed by atoms with E-state index in [0.717, 1.165) is 22.1 Å². The lowest BCUT2D eigenvalue weighted by Gasteiger charge is -2.25. The Morgan fingerprint density at radius 3 is 2.49 bits per heavy atom. The number of benzene rings is 3. The fourth-order valence-corrected chi connectivity index (χ4v) is 8.78. The maximum Gasteiger partial charge on any atom is 0.276 e. The van der Waals surface area contributed by atoms with Crippen LogP contribution in [0.25, 0.3) is 10.4 Å². The van der Waals surface area contributed by atoms with E-state index in [1.54, 1.807) is 59.2 Å². The highest BCUT2D eigenvalue weighted by atomic mass is 32.2. The van der Waals surface area contributed by atoms with E-state index in [-0.39, 0.29) is 41.0 Å². The Morgan fingerprint density at radius 2 is 1.66 bits per heavy atom. The molecule has 2 aromatic heterocycles. The van der Waals surface area contributed by atoms with Crippen molar-refractivity contribution in [2.45, 2.75) is 24.8 Å². The van der Waals surface area contributed by atoms with Crippen LogP contribution in [-0.2, 0) is 22.8 Å². The first-order valence-electron chi connectivity index (χ1n) is 14.9. The molecule has 12 heteroatoms. The van der Waals surface area contributed by atoms with Gasteiger partial charge in [-0.25, -0.2) is 22.2 Å². The topological polar surface area (TPSA) is 99.7 Å². The zero-order valence-corrected chi connectivity index (χ0v) is 26.8. The SMILES string of the molecule is Cc1cccc(F)c1NC(=O)c1cc2c(s1)-c1ccccc1N(C(=O)c1cccc(N3CCS(=O)(=O)c4c(F)cccc4C3)n1)CC2. The van der Waals surface area contributed by atoms with Crippen LogP contribution in [0, 0.1) is 18.6 Å². The second-order valence-corrected chi connectivity index (χ2v) is 14.5. The van der Waals surface area contributed by atoms with E-state index in [2.05, 4.69) is 10.3 Å². The summed E-state index contributed by atoms with van der Waals surface area (Å²) in [6.45, 7) is 2.25. The molecule has 2 aliphatic heterocycles. The number of para-hydroxylation sites is 2. The summed E-state index contributed by atoms with van der Waals surface area (Å²) in [7, 11) is -3.84. The third-order valence-corrected chi connectivity index (χ3v) is 11.4. The van der Waals surface area contributed by atoms with Crippen molar-refractivity contribution in [3.05, 3.63) is 124 Å². The zero-order chi connectivity index (χ0) is 32.9. The third-order valence-electron chi connectivity index (χ3n) is 8.41. The number of carbonyl (C=O) groups is 2. The molecule has 3 aromatic carbocycles. The van der Waals surface area contributed by atoms with Crippen molar-refractivity contribution in [3.63, 3.8) is 0 Å². The van der Waals surface area contributed by atoms with Gasteiger partial charge in [-0.05, 0) is 66.4 Å². The van der Waals surface area contributed by atoms with Gasteiger partial charge in [0.2, 0.25) is 0 Å². The van der Waals surface area contributed by atoms with Crippen molar-refractivity contribution in [3.8, 4) is 10.4 Å². The maximum atomic E-state index is 14.6. The number of aromatic nitrogens is 1. The van der Waals surface area contributed by atoms with Gasteiger partial charge in [-0.15, -0.1) is 11.3 Å². The first kappa shape index (κ1) is 30.7. The van der Waals surface area contributed by atoms with E-state index in [1.165, 1.54) is 23.5 Å². The molecule has 0 bridgehead atoms. The molecule has 0 saturated carbocycles. The van der Waals surface area contributed by atoms with E-state index >= 15 is 0 Å². The molecule has 0 spiro atoms. The average Bonchev–Trinajstić information content (AvgIpc) is 3.35. The number of sulfone groups is 1. The number of halogens is 2. The zero-order valence-electron chi connectivity index (χ0n) is 25.2. The molecule has 238 valence electrons. The molecular formula is C35H28F2N4O4S2. The number of thiophene rings is 1. The largest absolute Gasteiger partial charge is 0.351 e. The van der Waals surface area contributed by atoms with Crippen LogP contribution in [-0.4, -0.2) is 44.1 Å². The van der Waals surface area contributed by atoms with Gasteiger partial charge in [-0.1, -0.05) is 48.5 Å². The highest BCUT2D eigenvalue weighted by Gasteiger charge is 2.31. The number of aryl methyl sites for hydroxylation is 1. The second-order valence-electron chi connectivity index (χ2n) is 11.4. The molecule has 0 unspecified atom stereocenters. The molecule has 47 heavy (non-hydrogen) atoms. The summed E-state index contributed by atoms with van der Waals surface area (Å²) in [6, 6.07) is 23.1. The lowest BCUT2D eigenvalue weighted by molar-refractivity contribution is 0.0981. The van der Waals surface area contributed by atoms with Crippen molar-refractivity contribution in [2.24, 2.45) is 0 Å². The number of rotatable bonds is 4. The highest BCUT2D eigenvalue weighted by molar-refractivity contribution is 7.91. The van der Waals surface area contributed by atoms with Crippen LogP contribution >= 0.6 is 11.3 Å². The van der Waals surface area contributed by atoms with Gasteiger partial charge in [0, 0.05) is 30.1 Å². The summed E-state index contributed by atoms with van der Waals surface area (Å²) < 4.78 is 54.7. The molecule has 0 atom stereocenters. The lowest BCUT2D eigenvalue weighted by Crippen LogP contribution is -2.34. The van der Waals surface area contributed by atoms with Crippen LogP contribution in [0.4, 0.5) is 26.0 Å². The molecule has 4 heterocycles. The molecule has 0 aliphatic carbocycles. The number of pyridine rings is 1. The van der Waals surface area contributed by atoms with Gasteiger partial charge in [0.05, 0.1) is 22.0 Å². The van der Waals surface area contributed by atoms with Gasteiger partial charge in [0.1, 0.15) is 28.0 Å². The summed E-state index contributed by atoms with van der Waals surface area (Å²) in [4.78, 5) is 36.3. The van der Waals surface area contributed by atoms with Crippen LogP contribution in [0.3, 0.4) is 0 Å². The van der Waals surface area contributed by atoms with Crippen LogP contribution < -0.4 is 15.1 Å². The Labute approximate surface area is 274 Å². The first-order chi connectivity index (χ1) is 22.6. The Morgan fingerprint density at radius 1 is 0.894 bits per heavy atom. The molecule has 0 saturated heterocycles. The fraction of sp³-hybridized carbons (Fsp3) is 0.171. The monoisotopic (exact) mass is 670 g/mol. The number of amides is 2. The van der Waals surface area contributed by atoms with E-state index in [0.29, 0.717) is 40.5 Å². The summed E-state index contributed by atoms with van der Waals surface area (Å²) >= 11 is 1.29. The number of nitrogens with one attached hydrogen (secondary N) is 1. The Bertz CT molecular complexity index is 2160. The van der Waals surface area contributed by atoms with Gasteiger partial charge in [0.25, 0.3) is 11.8 Å². The molecule has 0 radical (unpaired) electrons. The molecular weight excluding hydrogens is 643 g/mol. The number of hydrogen-bond donors (Lipinski definition) is 1. The maximum absolute atomic E-state index is 14.6. The summed E-state index contributed by atoms with van der Waals surface area (Å²) in [6.07, 6.45) is 0.463. The molecule has 2 aliphatic rings. The summed E-state index contributed by atoms with van der Waals surface area (Å²) in [5, 5.41) is 2.71. The summed E-state index contributed by atoms with van der Waals surface area (Å²) in [5.41, 5.74) is 3.62. The van der Waals surface area contributed by atoms with Gasteiger partial charge in [-0.2, -0.15) is 0 Å². The van der Waals surface area contributed by atoms with Gasteiger partial charge in [0.15, 0.2) is 9.84 Å². The molecule has 1 N–H and O–H groups in total. The van der Waals surface area contributed by atoms with E-state index in [1.807, 2.05) is 24.3 Å². The van der Waals surface area contributed by atoms with Crippen LogP contribution in [0.2, 0.25) is 0 Å². The number of anilines is 3. The minimum absolute atomic E-state index is 0.0836. The van der Waals surface area contributed by atoms with E-state index in [4.69, 9.17) is 0 Å². The number of nitrogens with zero attached hydrogens (tertiary/aromatic N) is 3. The molecule has 2 amide bonds. The van der Waals surface area contributed by atoms with Gasteiger partial charge >= 0.3 is 0 Å². The minimum Gasteiger partial charge on any atom is -0.351 e. The van der Waals surface area contributed by atoms with E-state index < -0.39 is 27.4 Å². The quantitative estimate of drug-likeness (QED) is 0.230. The predicted octanol–water partition coefficient (Wildman–Crippen LogP) is 6.65. The normalized spacial score (nSPS) is 15.1. The number of carbonyl (C=O) groups excluding carboxylic acids is 2. The van der Waals surface area contributed by atoms with Crippen molar-refractivity contribution in [2.75, 3.05) is 34.0 Å². The molecule has 7 rings (SSSR count).